The molecule has 216 valence electrons. The molecule has 0 aliphatic carbocycles. The summed E-state index contributed by atoms with van der Waals surface area (Å²) in [5.74, 6) is 0.246. The first kappa shape index (κ1) is 35.1. The van der Waals surface area contributed by atoms with Gasteiger partial charge in [0.2, 0.25) is 0 Å². The summed E-state index contributed by atoms with van der Waals surface area (Å²) in [4.78, 5) is 12.2. The molecule has 0 aliphatic heterocycles. The van der Waals surface area contributed by atoms with Gasteiger partial charge in [-0.15, -0.1) is 5.11 Å². The van der Waals surface area contributed by atoms with Crippen LogP contribution in [-0.2, 0) is 14.9 Å². The maximum atomic E-state index is 12.5. The van der Waals surface area contributed by atoms with Gasteiger partial charge in [-0.25, -0.2) is 8.42 Å². The van der Waals surface area contributed by atoms with Crippen molar-refractivity contribution in [2.24, 2.45) is 10.2 Å². The Morgan fingerprint density at radius 2 is 1.24 bits per heavy atom. The van der Waals surface area contributed by atoms with Crippen LogP contribution in [0.3, 0.4) is 0 Å². The van der Waals surface area contributed by atoms with E-state index >= 15 is 0 Å². The second-order valence-electron chi connectivity index (χ2n) is 10.2. The molecular weight excluding hydrogens is 547 g/mol. The number of hydrogen-bond donors (Lipinski definition) is 0. The number of nitrogens with zero attached hydrogens (tertiary/aromatic N) is 2. The third-order valence-electron chi connectivity index (χ3n) is 6.97. The van der Waals surface area contributed by atoms with Crippen LogP contribution in [0, 0.1) is 0 Å². The maximum absolute atomic E-state index is 12.5. The number of fused-ring (bicyclic) bond motifs is 1. The number of carbonyl (C=O) groups excluding carboxylic acids is 1. The van der Waals surface area contributed by atoms with Crippen LogP contribution in [0.2, 0.25) is 0 Å². The molecule has 0 spiro atoms. The van der Waals surface area contributed by atoms with Gasteiger partial charge < -0.3 is 9.29 Å². The molecule has 0 N–H and O–H groups in total. The molecule has 3 aromatic rings. The normalized spacial score (nSPS) is 11.6. The molecule has 0 bridgehead atoms. The van der Waals surface area contributed by atoms with Gasteiger partial charge in [-0.1, -0.05) is 108 Å². The summed E-state index contributed by atoms with van der Waals surface area (Å²) < 4.78 is 39.0. The van der Waals surface area contributed by atoms with Crippen molar-refractivity contribution in [1.82, 2.24) is 0 Å². The maximum Gasteiger partial charge on any atom is 1.00 e. The minimum atomic E-state index is -4.51. The van der Waals surface area contributed by atoms with Gasteiger partial charge in [-0.3, -0.25) is 4.79 Å². The number of carbonyl (C=O) groups is 1. The van der Waals surface area contributed by atoms with Crippen molar-refractivity contribution in [3.8, 4) is 5.75 Å². The Balaban J connectivity index is 0.00000588. The Morgan fingerprint density at radius 3 is 1.80 bits per heavy atom. The van der Waals surface area contributed by atoms with Crippen molar-refractivity contribution in [3.05, 3.63) is 60.7 Å². The molecule has 7 nitrogen and oxygen atoms in total. The predicted molar refractivity (Wildman–Crippen MR) is 158 cm³/mol. The number of ether oxygens (including phenoxy) is 1. The first-order valence-electron chi connectivity index (χ1n) is 14.6. The van der Waals surface area contributed by atoms with Crippen molar-refractivity contribution in [2.75, 3.05) is 0 Å². The van der Waals surface area contributed by atoms with Crippen LogP contribution in [0.15, 0.2) is 75.8 Å². The van der Waals surface area contributed by atoms with Crippen LogP contribution in [0.1, 0.15) is 96.8 Å². The quantitative estimate of drug-likeness (QED) is 0.0418. The fraction of sp³-hybridized carbons (Fsp3) is 0.469. The minimum absolute atomic E-state index is 0. The zero-order valence-corrected chi connectivity index (χ0v) is 27.3. The third-order valence-corrected chi connectivity index (χ3v) is 7.82. The molecule has 0 saturated carbocycles. The largest absolute Gasteiger partial charge is 1.00 e. The van der Waals surface area contributed by atoms with Crippen LogP contribution >= 0.6 is 0 Å². The summed E-state index contributed by atoms with van der Waals surface area (Å²) in [6, 6.07) is 16.2. The Labute approximate surface area is 267 Å². The Morgan fingerprint density at radius 1 is 0.707 bits per heavy atom. The average Bonchev–Trinajstić information content (AvgIpc) is 2.95. The van der Waals surface area contributed by atoms with Gasteiger partial charge in [0.25, 0.3) is 0 Å². The topological polar surface area (TPSA) is 108 Å². The van der Waals surface area contributed by atoms with E-state index in [-0.39, 0.29) is 40.4 Å². The molecule has 0 aromatic heterocycles. The van der Waals surface area contributed by atoms with E-state index < -0.39 is 10.1 Å². The van der Waals surface area contributed by atoms with Crippen molar-refractivity contribution in [3.63, 3.8) is 0 Å². The van der Waals surface area contributed by atoms with Crippen LogP contribution in [0.4, 0.5) is 11.4 Å². The van der Waals surface area contributed by atoms with Crippen molar-refractivity contribution >= 4 is 38.2 Å². The van der Waals surface area contributed by atoms with E-state index in [2.05, 4.69) is 17.2 Å². The van der Waals surface area contributed by atoms with Gasteiger partial charge in [-0.05, 0) is 42.8 Å². The van der Waals surface area contributed by atoms with Crippen LogP contribution < -0.4 is 34.3 Å². The number of azo groups is 1. The second kappa shape index (κ2) is 19.2. The van der Waals surface area contributed by atoms with E-state index in [9.17, 15) is 17.8 Å². The van der Waals surface area contributed by atoms with Crippen LogP contribution in [-0.4, -0.2) is 18.9 Å². The molecule has 0 atom stereocenters. The first-order chi connectivity index (χ1) is 19.4. The molecule has 3 rings (SSSR count). The molecule has 0 amide bonds. The van der Waals surface area contributed by atoms with E-state index in [1.807, 2.05) is 24.3 Å². The number of esters is 1. The minimum Gasteiger partial charge on any atom is -0.744 e. The van der Waals surface area contributed by atoms with E-state index in [4.69, 9.17) is 4.74 Å². The van der Waals surface area contributed by atoms with E-state index in [1.54, 1.807) is 12.1 Å². The number of hydrogen-bond acceptors (Lipinski definition) is 7. The fourth-order valence-corrected chi connectivity index (χ4v) is 5.15. The van der Waals surface area contributed by atoms with Gasteiger partial charge in [0, 0.05) is 17.2 Å². The first-order valence-corrected chi connectivity index (χ1v) is 16.0. The van der Waals surface area contributed by atoms with Crippen molar-refractivity contribution in [1.29, 1.82) is 0 Å². The molecule has 0 saturated heterocycles. The third kappa shape index (κ3) is 12.7. The average molecular weight is 589 g/mol. The van der Waals surface area contributed by atoms with Crippen molar-refractivity contribution < 1.29 is 52.1 Å². The molecule has 41 heavy (non-hydrogen) atoms. The summed E-state index contributed by atoms with van der Waals surface area (Å²) in [7, 11) is -4.51. The van der Waals surface area contributed by atoms with E-state index in [0.717, 1.165) is 30.0 Å². The molecule has 9 heteroatoms. The van der Waals surface area contributed by atoms with Gasteiger partial charge in [0.15, 0.2) is 0 Å². The zero-order chi connectivity index (χ0) is 28.6. The summed E-state index contributed by atoms with van der Waals surface area (Å²) >= 11 is 0. The standard InChI is InChI=1S/C32H42N2O5S.Na/c1-2-3-4-5-6-7-8-9-10-11-12-13-14-19-32(35)39-31-25-24-30(28-17-15-16-18-29(28)31)34-33-26-20-22-27(23-21-26)40(36,37)38;/h15-18,20-25H,2-14,19H2,1H3,(H,36,37,38);/q;+1/p-1. The molecule has 0 radical (unpaired) electrons. The second-order valence-corrected chi connectivity index (χ2v) is 11.6. The van der Waals surface area contributed by atoms with Gasteiger partial charge in [-0.2, -0.15) is 5.11 Å². The molecule has 0 aliphatic rings. The zero-order valence-electron chi connectivity index (χ0n) is 24.5. The van der Waals surface area contributed by atoms with Gasteiger partial charge >= 0.3 is 35.5 Å². The number of rotatable bonds is 18. The fourth-order valence-electron chi connectivity index (χ4n) is 4.68. The molecular formula is C32H41N2NaO5S. The summed E-state index contributed by atoms with van der Waals surface area (Å²) in [5.41, 5.74) is 0.984. The molecule has 0 heterocycles. The molecule has 3 aromatic carbocycles. The SMILES string of the molecule is CCCCCCCCCCCCCCCC(=O)Oc1ccc(N=Nc2ccc(S(=O)(=O)[O-])cc2)c2ccccc12.[Na+]. The smallest absolute Gasteiger partial charge is 0.744 e. The van der Waals surface area contributed by atoms with E-state index in [1.165, 1.54) is 88.5 Å². The monoisotopic (exact) mass is 588 g/mol. The van der Waals surface area contributed by atoms with E-state index in [0.29, 0.717) is 23.5 Å². The summed E-state index contributed by atoms with van der Waals surface area (Å²) in [6.07, 6.45) is 16.7. The van der Waals surface area contributed by atoms with Crippen molar-refractivity contribution in [2.45, 2.75) is 102 Å². The summed E-state index contributed by atoms with van der Waals surface area (Å²) in [5, 5.41) is 9.98. The molecule has 0 unspecified atom stereocenters. The predicted octanol–water partition coefficient (Wildman–Crippen LogP) is 6.55. The van der Waals surface area contributed by atoms with Crippen LogP contribution in [0.5, 0.6) is 5.75 Å². The Bertz CT molecular complexity index is 1340. The molecule has 0 fully saturated rings. The van der Waals surface area contributed by atoms with Gasteiger partial charge in [0.1, 0.15) is 15.9 Å². The number of unbranched alkanes of at least 4 members (excludes halogenated alkanes) is 12. The summed E-state index contributed by atoms with van der Waals surface area (Å²) in [6.45, 7) is 2.25. The van der Waals surface area contributed by atoms with Crippen LogP contribution in [0.25, 0.3) is 10.8 Å². The van der Waals surface area contributed by atoms with Gasteiger partial charge in [0.05, 0.1) is 16.3 Å². The number of benzene rings is 3. The Kier molecular flexibility index (Phi) is 16.4. The Hall–Kier alpha value is -2.10.